The Balaban J connectivity index is 0.000000618. The highest BCUT2D eigenvalue weighted by Crippen LogP contribution is 2.15. The number of hydrogen-bond donors (Lipinski definition) is 8. The maximum atomic E-state index is 12.8. The van der Waals surface area contributed by atoms with Gasteiger partial charge in [0.25, 0.3) is 0 Å². The predicted molar refractivity (Wildman–Crippen MR) is 470 cm³/mol. The van der Waals surface area contributed by atoms with Gasteiger partial charge in [-0.2, -0.15) is 11.8 Å². The monoisotopic (exact) mass is 1590 g/mol. The Kier molecular flexibility index (Phi) is 52.9. The molecule has 21 nitrogen and oxygen atoms in total. The SMILES string of the molecule is CC(C)(C)NCCN1CCC(F)C1.CC(C)(C)NCCN1CCCCCC1.CC(C)(C)NCCN1CCOCC1.CC(C)(C)NCCN1CCS(=O)(=O)CC1.CC(C)(C)NCCN1CCS(=O)CC1.CC(C)(C)NCCN1CCSCC1.CC(C)(C)Nc1ccccn1.C[C@@H]1CN(CCNC(C)(C)C)C[C@H](C)O1. The number of aromatic nitrogens is 1. The van der Waals surface area contributed by atoms with Crippen LogP contribution < -0.4 is 42.5 Å². The average Bonchev–Trinajstić information content (AvgIpc) is 1.08. The molecule has 0 aromatic carbocycles. The maximum Gasteiger partial charge on any atom is 0.152 e. The number of morpholine rings is 2. The van der Waals surface area contributed by atoms with Gasteiger partial charge in [-0.25, -0.2) is 17.8 Å². The van der Waals surface area contributed by atoms with Crippen molar-refractivity contribution in [2.45, 2.75) is 275 Å². The highest BCUT2D eigenvalue weighted by atomic mass is 32.2. The lowest BCUT2D eigenvalue weighted by atomic mass is 10.1. The minimum atomic E-state index is -2.73. The number of pyridine rings is 1. The Morgan fingerprint density at radius 2 is 0.778 bits per heavy atom. The first kappa shape index (κ1) is 105. The maximum absolute atomic E-state index is 12.8. The van der Waals surface area contributed by atoms with Crippen LogP contribution in [0.5, 0.6) is 0 Å². The van der Waals surface area contributed by atoms with E-state index in [-0.39, 0.29) is 44.3 Å². The molecule has 0 spiro atoms. The molecule has 108 heavy (non-hydrogen) atoms. The highest BCUT2D eigenvalue weighted by molar-refractivity contribution is 7.99. The first-order chi connectivity index (χ1) is 49.9. The number of anilines is 1. The highest BCUT2D eigenvalue weighted by Gasteiger charge is 2.26. The van der Waals surface area contributed by atoms with Gasteiger partial charge in [0.2, 0.25) is 0 Å². The van der Waals surface area contributed by atoms with Crippen LogP contribution in [0.2, 0.25) is 0 Å². The Morgan fingerprint density at radius 3 is 1.12 bits per heavy atom. The first-order valence-electron chi connectivity index (χ1n) is 41.9. The van der Waals surface area contributed by atoms with Crippen LogP contribution in [0.15, 0.2) is 24.4 Å². The quantitative estimate of drug-likeness (QED) is 0.0545. The van der Waals surface area contributed by atoms with E-state index in [2.05, 4.69) is 274 Å². The largest absolute Gasteiger partial charge is 0.379 e. The zero-order valence-electron chi connectivity index (χ0n) is 74.8. The Bertz CT molecular complexity index is 2380. The smallest absolute Gasteiger partial charge is 0.152 e. The van der Waals surface area contributed by atoms with Gasteiger partial charge in [-0.3, -0.25) is 18.9 Å². The fraction of sp³-hybridized carbons (Fsp3) is 0.940. The van der Waals surface area contributed by atoms with Crippen molar-refractivity contribution in [1.82, 2.24) is 76.5 Å². The van der Waals surface area contributed by atoms with E-state index in [4.69, 9.17) is 9.47 Å². The van der Waals surface area contributed by atoms with E-state index in [9.17, 15) is 17.0 Å². The lowest BCUT2D eigenvalue weighted by Crippen LogP contribution is -2.49. The number of ether oxygens (including phenoxy) is 2. The van der Waals surface area contributed by atoms with Gasteiger partial charge in [0.05, 0.1) is 36.9 Å². The van der Waals surface area contributed by atoms with Gasteiger partial charge in [0, 0.05) is 254 Å². The second kappa shape index (κ2) is 54.6. The number of nitrogens with zero attached hydrogens (tertiary/aromatic N) is 8. The number of hydrogen-bond acceptors (Lipinski definition) is 22. The number of likely N-dealkylation sites (tertiary alicyclic amines) is 2. The normalized spacial score (nSPS) is 21.9. The van der Waals surface area contributed by atoms with Crippen LogP contribution in [-0.2, 0) is 30.1 Å². The van der Waals surface area contributed by atoms with Crippen LogP contribution in [0.1, 0.15) is 212 Å². The van der Waals surface area contributed by atoms with Crippen molar-refractivity contribution >= 4 is 38.2 Å². The van der Waals surface area contributed by atoms with E-state index in [1.807, 2.05) is 18.2 Å². The lowest BCUT2D eigenvalue weighted by molar-refractivity contribution is -0.0676. The fourth-order valence-corrected chi connectivity index (χ4v) is 15.7. The zero-order chi connectivity index (χ0) is 81.7. The number of thioether (sulfide) groups is 1. The summed E-state index contributed by atoms with van der Waals surface area (Å²) in [6.07, 6.45) is 8.34. The summed E-state index contributed by atoms with van der Waals surface area (Å²) in [6.45, 7) is 87.8. The Labute approximate surface area is 672 Å². The fourth-order valence-electron chi connectivity index (χ4n) is 12.3. The van der Waals surface area contributed by atoms with E-state index in [0.717, 1.165) is 161 Å². The molecule has 25 heteroatoms. The van der Waals surface area contributed by atoms with E-state index < -0.39 is 26.8 Å². The molecule has 8 N–H and O–H groups in total. The van der Waals surface area contributed by atoms with Crippen molar-refractivity contribution < 1.29 is 26.5 Å². The van der Waals surface area contributed by atoms with Crippen LogP contribution >= 0.6 is 11.8 Å². The Morgan fingerprint density at radius 1 is 0.435 bits per heavy atom. The van der Waals surface area contributed by atoms with Gasteiger partial charge in [-0.1, -0.05) is 18.9 Å². The summed E-state index contributed by atoms with van der Waals surface area (Å²) in [5, 5.41) is 27.6. The first-order valence-corrected chi connectivity index (χ1v) is 46.4. The average molecular weight is 1590 g/mol. The van der Waals surface area contributed by atoms with Gasteiger partial charge in [-0.15, -0.1) is 0 Å². The van der Waals surface area contributed by atoms with Crippen molar-refractivity contribution in [3.8, 4) is 0 Å². The summed E-state index contributed by atoms with van der Waals surface area (Å²) in [5.41, 5.74) is 1.62. The molecule has 8 rings (SSSR count). The van der Waals surface area contributed by atoms with Crippen LogP contribution in [0.25, 0.3) is 0 Å². The van der Waals surface area contributed by atoms with Crippen molar-refractivity contribution in [2.24, 2.45) is 0 Å². The number of halogens is 1. The van der Waals surface area contributed by atoms with Crippen molar-refractivity contribution in [3.63, 3.8) is 0 Å². The summed E-state index contributed by atoms with van der Waals surface area (Å²) in [6, 6.07) is 5.85. The molecule has 0 radical (unpaired) electrons. The summed E-state index contributed by atoms with van der Waals surface area (Å²) in [7, 11) is -3.28. The van der Waals surface area contributed by atoms with E-state index in [1.54, 1.807) is 6.20 Å². The molecule has 0 bridgehead atoms. The molecule has 7 aliphatic heterocycles. The van der Waals surface area contributed by atoms with E-state index >= 15 is 0 Å². The minimum absolute atomic E-state index is 0.0916. The summed E-state index contributed by atoms with van der Waals surface area (Å²) >= 11 is 2.08. The third-order valence-electron chi connectivity index (χ3n) is 18.1. The molecule has 8 heterocycles. The van der Waals surface area contributed by atoms with Gasteiger partial charge >= 0.3 is 0 Å². The van der Waals surface area contributed by atoms with Crippen molar-refractivity contribution in [3.05, 3.63) is 24.4 Å². The molecule has 7 saturated heterocycles. The molecule has 0 amide bonds. The summed E-state index contributed by atoms with van der Waals surface area (Å²) < 4.78 is 57.2. The van der Waals surface area contributed by atoms with E-state index in [0.29, 0.717) is 43.3 Å². The van der Waals surface area contributed by atoms with Crippen LogP contribution in [0.4, 0.5) is 10.2 Å². The number of alkyl halides is 1. The topological polar surface area (TPSA) is 201 Å². The molecule has 1 aromatic heterocycles. The van der Waals surface area contributed by atoms with Crippen LogP contribution in [0.3, 0.4) is 0 Å². The number of sulfone groups is 1. The summed E-state index contributed by atoms with van der Waals surface area (Å²) in [5.74, 6) is 5.92. The van der Waals surface area contributed by atoms with Gasteiger partial charge in [-0.05, 0) is 225 Å². The summed E-state index contributed by atoms with van der Waals surface area (Å²) in [4.78, 5) is 21.0. The van der Waals surface area contributed by atoms with Crippen LogP contribution in [0, 0.1) is 0 Å². The Hall–Kier alpha value is -1.31. The third-order valence-corrected chi connectivity index (χ3v) is 21.9. The van der Waals surface area contributed by atoms with Gasteiger partial charge < -0.3 is 71.6 Å². The van der Waals surface area contributed by atoms with Gasteiger partial charge in [0.15, 0.2) is 9.84 Å². The lowest BCUT2D eigenvalue weighted by Gasteiger charge is -2.35. The second-order valence-electron chi connectivity index (χ2n) is 38.9. The minimum Gasteiger partial charge on any atom is -0.379 e. The molecule has 1 aromatic rings. The molecule has 3 atom stereocenters. The van der Waals surface area contributed by atoms with Crippen molar-refractivity contribution in [1.29, 1.82) is 0 Å². The molecular formula is C83H175FN16O5S3. The standard InChI is InChI=1S/C12H26N2O.C12H26N2.C10H21FN2.C10H22N2O2S.C10H22N2OS.C10H22N2O.C10H22N2S.C9H14N2/c1-10-8-14(9-11(2)15-10)7-6-13-12(3,4)5;1-12(2,3)13-8-11-14-9-6-4-5-7-10-14;1-10(2,3)12-5-7-13-6-4-9(11)8-13;1-10(2,3)11-4-5-12-6-8-15(13,14)9-7-12;1-10(2,3)11-4-5-12-6-8-14(13)9-7-12;2*1-10(2,3)11-4-5-12-6-8-13-9-7-12;1-9(2,3)11-8-6-4-5-7-10-8/h10-11,13H,6-9H2,1-5H3;13H,4-11H2,1-3H3;9,12H,4-8H2,1-3H3;11H,4-9H2,1-3H3;11H,4-9H2,1-3H3;2*11H,4-9H2,1-3H3;4-7H,1-3H3,(H,10,11)/t10-,11+;;;;;;;. The van der Waals surface area contributed by atoms with Gasteiger partial charge in [0.1, 0.15) is 12.0 Å². The van der Waals surface area contributed by atoms with E-state index in [1.165, 1.54) is 76.5 Å². The molecule has 0 saturated carbocycles. The number of nitrogens with one attached hydrogen (secondary N) is 8. The molecule has 7 aliphatic rings. The van der Waals surface area contributed by atoms with Crippen molar-refractivity contribution in [2.75, 3.05) is 236 Å². The number of rotatable bonds is 22. The molecule has 642 valence electrons. The third kappa shape index (κ3) is 68.0. The predicted octanol–water partition coefficient (Wildman–Crippen LogP) is 10.1. The second-order valence-corrected chi connectivity index (χ2v) is 44.1. The molecule has 7 fully saturated rings. The zero-order valence-corrected chi connectivity index (χ0v) is 77.2. The van der Waals surface area contributed by atoms with Crippen LogP contribution in [-0.4, -0.2) is 346 Å². The molecular weight excluding hydrogens is 1420 g/mol. The molecule has 0 aliphatic carbocycles. The molecule has 1 unspecified atom stereocenters.